The Morgan fingerprint density at radius 2 is 2.16 bits per heavy atom. The Bertz CT molecular complexity index is 736. The van der Waals surface area contributed by atoms with Gasteiger partial charge in [-0.05, 0) is 56.4 Å². The summed E-state index contributed by atoms with van der Waals surface area (Å²) < 4.78 is 18.1. The number of hydrogen-bond acceptors (Lipinski definition) is 4. The molecule has 1 N–H and O–H groups in total. The third-order valence-electron chi connectivity index (χ3n) is 5.11. The Labute approximate surface area is 145 Å². The molecular weight excluding hydrogens is 327 g/mol. The Kier molecular flexibility index (Phi) is 4.49. The molecule has 0 spiro atoms. The van der Waals surface area contributed by atoms with Crippen LogP contribution < -0.4 is 5.32 Å². The summed E-state index contributed by atoms with van der Waals surface area (Å²) in [6.07, 6.45) is 1.19. The molecule has 25 heavy (non-hydrogen) atoms. The number of rotatable bonds is 3. The van der Waals surface area contributed by atoms with Crippen LogP contribution in [0, 0.1) is 24.1 Å². The first kappa shape index (κ1) is 17.4. The van der Waals surface area contributed by atoms with Crippen molar-refractivity contribution in [2.45, 2.75) is 26.7 Å². The van der Waals surface area contributed by atoms with Crippen molar-refractivity contribution in [2.24, 2.45) is 11.3 Å². The molecular formula is C18H21FN2O4. The van der Waals surface area contributed by atoms with Gasteiger partial charge in [0.05, 0.1) is 12.0 Å². The van der Waals surface area contributed by atoms with Gasteiger partial charge in [0.25, 0.3) is 0 Å². The van der Waals surface area contributed by atoms with Crippen LogP contribution in [0.15, 0.2) is 18.2 Å². The highest BCUT2D eigenvalue weighted by Gasteiger charge is 2.62. The van der Waals surface area contributed by atoms with Crippen LogP contribution in [0.1, 0.15) is 25.3 Å². The second-order valence-corrected chi connectivity index (χ2v) is 6.70. The van der Waals surface area contributed by atoms with E-state index < -0.39 is 17.3 Å². The van der Waals surface area contributed by atoms with E-state index >= 15 is 0 Å². The molecule has 2 amide bonds. The summed E-state index contributed by atoms with van der Waals surface area (Å²) in [6.45, 7) is 4.18. The Morgan fingerprint density at radius 1 is 1.40 bits per heavy atom. The van der Waals surface area contributed by atoms with Crippen molar-refractivity contribution in [1.29, 1.82) is 0 Å². The number of nitrogens with zero attached hydrogens (tertiary/aromatic N) is 1. The first-order chi connectivity index (χ1) is 11.9. The Hall–Kier alpha value is -2.44. The lowest BCUT2D eigenvalue weighted by Crippen LogP contribution is -2.45. The summed E-state index contributed by atoms with van der Waals surface area (Å²) in [5.41, 5.74) is 0.541. The maximum Gasteiger partial charge on any atom is 0.397 e. The smallest absolute Gasteiger partial charge is 0.397 e. The minimum Gasteiger partial charge on any atom is -0.459 e. The molecule has 0 bridgehead atoms. The molecule has 6 nitrogen and oxygen atoms in total. The SMILES string of the molecule is CCOC(=O)C(=O)N1CC[C@@]2(C(=O)Nc3ccc(F)c(C)c3)CC2C1. The number of likely N-dealkylation sites (tertiary alicyclic amines) is 1. The monoisotopic (exact) mass is 348 g/mol. The maximum atomic E-state index is 13.3. The lowest BCUT2D eigenvalue weighted by molar-refractivity contribution is -0.160. The van der Waals surface area contributed by atoms with Crippen LogP contribution in [0.3, 0.4) is 0 Å². The molecule has 1 aromatic rings. The molecule has 0 radical (unpaired) electrons. The van der Waals surface area contributed by atoms with E-state index in [1.54, 1.807) is 19.9 Å². The van der Waals surface area contributed by atoms with Crippen LogP contribution >= 0.6 is 0 Å². The molecule has 2 atom stereocenters. The Balaban J connectivity index is 1.61. The number of fused-ring (bicyclic) bond motifs is 1. The second kappa shape index (κ2) is 6.46. The molecule has 134 valence electrons. The standard InChI is InChI=1S/C18H21FN2O4/c1-3-25-16(23)15(22)21-7-6-18(9-12(18)10-21)17(24)20-13-4-5-14(19)11(2)8-13/h4-5,8,12H,3,6-7,9-10H2,1-2H3,(H,20,24)/t12?,18-/m1/s1. The maximum absolute atomic E-state index is 13.3. The minimum atomic E-state index is -0.845. The van der Waals surface area contributed by atoms with E-state index in [0.717, 1.165) is 0 Å². The summed E-state index contributed by atoms with van der Waals surface area (Å²) in [7, 11) is 0. The molecule has 2 fully saturated rings. The molecule has 1 unspecified atom stereocenters. The quantitative estimate of drug-likeness (QED) is 0.668. The molecule has 3 rings (SSSR count). The molecule has 7 heteroatoms. The summed E-state index contributed by atoms with van der Waals surface area (Å²) in [5, 5.41) is 2.85. The van der Waals surface area contributed by atoms with Crippen LogP contribution in [-0.4, -0.2) is 42.4 Å². The summed E-state index contributed by atoms with van der Waals surface area (Å²) in [4.78, 5) is 37.7. The van der Waals surface area contributed by atoms with E-state index in [-0.39, 0.29) is 24.2 Å². The van der Waals surface area contributed by atoms with Crippen LogP contribution in [-0.2, 0) is 19.1 Å². The first-order valence-corrected chi connectivity index (χ1v) is 8.41. The van der Waals surface area contributed by atoms with Gasteiger partial charge >= 0.3 is 11.9 Å². The van der Waals surface area contributed by atoms with E-state index in [1.807, 2.05) is 0 Å². The third kappa shape index (κ3) is 3.23. The van der Waals surface area contributed by atoms with E-state index in [1.165, 1.54) is 17.0 Å². The minimum absolute atomic E-state index is 0.0428. The van der Waals surface area contributed by atoms with Crippen molar-refractivity contribution in [3.05, 3.63) is 29.6 Å². The van der Waals surface area contributed by atoms with Crippen molar-refractivity contribution in [3.63, 3.8) is 0 Å². The van der Waals surface area contributed by atoms with Gasteiger partial charge in [-0.25, -0.2) is 9.18 Å². The van der Waals surface area contributed by atoms with Crippen molar-refractivity contribution in [2.75, 3.05) is 25.0 Å². The molecule has 1 aliphatic heterocycles. The van der Waals surface area contributed by atoms with Gasteiger partial charge in [-0.2, -0.15) is 0 Å². The zero-order valence-electron chi connectivity index (χ0n) is 14.3. The number of hydrogen-bond donors (Lipinski definition) is 1. The fourth-order valence-corrected chi connectivity index (χ4v) is 3.49. The van der Waals surface area contributed by atoms with Gasteiger partial charge in [0.2, 0.25) is 5.91 Å². The number of amides is 2. The van der Waals surface area contributed by atoms with Crippen molar-refractivity contribution < 1.29 is 23.5 Å². The van der Waals surface area contributed by atoms with Gasteiger partial charge in [-0.15, -0.1) is 0 Å². The zero-order chi connectivity index (χ0) is 18.2. The lowest BCUT2D eigenvalue weighted by atomic mass is 9.94. The van der Waals surface area contributed by atoms with E-state index in [2.05, 4.69) is 5.32 Å². The molecule has 1 aromatic carbocycles. The fourth-order valence-electron chi connectivity index (χ4n) is 3.49. The number of benzene rings is 1. The second-order valence-electron chi connectivity index (χ2n) is 6.70. The number of piperidine rings is 1. The van der Waals surface area contributed by atoms with Crippen molar-refractivity contribution >= 4 is 23.5 Å². The highest BCUT2D eigenvalue weighted by Crippen LogP contribution is 2.58. The number of esters is 1. The van der Waals surface area contributed by atoms with Crippen LogP contribution in [0.4, 0.5) is 10.1 Å². The summed E-state index contributed by atoms with van der Waals surface area (Å²) in [5.74, 6) is -1.86. The molecule has 2 aliphatic rings. The average molecular weight is 348 g/mol. The fraction of sp³-hybridized carbons (Fsp3) is 0.500. The highest BCUT2D eigenvalue weighted by molar-refractivity contribution is 6.32. The third-order valence-corrected chi connectivity index (χ3v) is 5.11. The van der Waals surface area contributed by atoms with Gasteiger partial charge < -0.3 is 15.0 Å². The molecule has 0 aromatic heterocycles. The number of anilines is 1. The normalized spacial score (nSPS) is 24.3. The van der Waals surface area contributed by atoms with Gasteiger partial charge in [-0.3, -0.25) is 9.59 Å². The van der Waals surface area contributed by atoms with E-state index in [0.29, 0.717) is 37.2 Å². The topological polar surface area (TPSA) is 75.7 Å². The highest BCUT2D eigenvalue weighted by atomic mass is 19.1. The van der Waals surface area contributed by atoms with Crippen LogP contribution in [0.5, 0.6) is 0 Å². The predicted molar refractivity (Wildman–Crippen MR) is 88.1 cm³/mol. The average Bonchev–Trinajstić information content (AvgIpc) is 3.32. The summed E-state index contributed by atoms with van der Waals surface area (Å²) in [6, 6.07) is 4.46. The van der Waals surface area contributed by atoms with Gasteiger partial charge in [0, 0.05) is 18.8 Å². The largest absolute Gasteiger partial charge is 0.459 e. The van der Waals surface area contributed by atoms with Gasteiger partial charge in [0.1, 0.15) is 5.82 Å². The number of aryl methyl sites for hydroxylation is 1. The lowest BCUT2D eigenvalue weighted by Gasteiger charge is -2.30. The number of carbonyl (C=O) groups is 3. The molecule has 1 saturated carbocycles. The van der Waals surface area contributed by atoms with E-state index in [9.17, 15) is 18.8 Å². The van der Waals surface area contributed by atoms with Crippen LogP contribution in [0.2, 0.25) is 0 Å². The summed E-state index contributed by atoms with van der Waals surface area (Å²) >= 11 is 0. The van der Waals surface area contributed by atoms with Gasteiger partial charge in [-0.1, -0.05) is 0 Å². The molecule has 1 aliphatic carbocycles. The first-order valence-electron chi connectivity index (χ1n) is 8.41. The number of nitrogens with one attached hydrogen (secondary N) is 1. The zero-order valence-corrected chi connectivity index (χ0v) is 14.3. The number of carbonyl (C=O) groups excluding carboxylic acids is 3. The van der Waals surface area contributed by atoms with Gasteiger partial charge in [0.15, 0.2) is 0 Å². The molecule has 1 saturated heterocycles. The number of halogens is 1. The number of ether oxygens (including phenoxy) is 1. The predicted octanol–water partition coefficient (Wildman–Crippen LogP) is 1.87. The van der Waals surface area contributed by atoms with Crippen LogP contribution in [0.25, 0.3) is 0 Å². The Morgan fingerprint density at radius 3 is 2.80 bits per heavy atom. The van der Waals surface area contributed by atoms with Crippen molar-refractivity contribution in [1.82, 2.24) is 4.90 Å². The molecule has 1 heterocycles. The van der Waals surface area contributed by atoms with Crippen molar-refractivity contribution in [3.8, 4) is 0 Å². The van der Waals surface area contributed by atoms with E-state index in [4.69, 9.17) is 4.74 Å².